The highest BCUT2D eigenvalue weighted by Gasteiger charge is 2.03. The molecule has 1 aromatic rings. The highest BCUT2D eigenvalue weighted by atomic mass is 35.5. The summed E-state index contributed by atoms with van der Waals surface area (Å²) in [6.45, 7) is 0.794. The molecule has 0 saturated carbocycles. The molecule has 4 nitrogen and oxygen atoms in total. The van der Waals surface area contributed by atoms with Crippen molar-refractivity contribution in [1.82, 2.24) is 4.72 Å². The number of nitrogens with one attached hydrogen (secondary N) is 1. The van der Waals surface area contributed by atoms with E-state index in [-0.39, 0.29) is 0 Å². The van der Waals surface area contributed by atoms with Gasteiger partial charge in [-0.25, -0.2) is 13.1 Å². The summed E-state index contributed by atoms with van der Waals surface area (Å²) in [5.74, 6) is 0. The monoisotopic (exact) mass is 274 g/mol. The summed E-state index contributed by atoms with van der Waals surface area (Å²) >= 11 is 5.90. The largest absolute Gasteiger partial charge is 0.330 e. The molecule has 0 amide bonds. The van der Waals surface area contributed by atoms with Crippen molar-refractivity contribution in [3.63, 3.8) is 0 Å². The predicted molar refractivity (Wildman–Crippen MR) is 71.1 cm³/mol. The first kappa shape index (κ1) is 14.2. The Kier molecular flexibility index (Phi) is 5.64. The number of hydrogen-bond donors (Lipinski definition) is 2. The van der Waals surface area contributed by atoms with E-state index in [0.717, 1.165) is 5.41 Å². The number of hydrogen-bond acceptors (Lipinski definition) is 3. The average molecular weight is 275 g/mol. The fourth-order valence-corrected chi connectivity index (χ4v) is 2.19. The molecule has 1 aromatic carbocycles. The summed E-state index contributed by atoms with van der Waals surface area (Å²) in [7, 11) is -3.41. The van der Waals surface area contributed by atoms with Gasteiger partial charge in [0, 0.05) is 17.0 Å². The summed E-state index contributed by atoms with van der Waals surface area (Å²) in [5, 5.41) is 1.62. The van der Waals surface area contributed by atoms with Crippen LogP contribution in [0, 0.1) is 0 Å². The minimum atomic E-state index is -3.41. The molecule has 0 bridgehead atoms. The second-order valence-electron chi connectivity index (χ2n) is 3.41. The van der Waals surface area contributed by atoms with Crippen LogP contribution < -0.4 is 10.5 Å². The maximum absolute atomic E-state index is 11.5. The van der Waals surface area contributed by atoms with E-state index in [9.17, 15) is 8.42 Å². The molecule has 0 aromatic heterocycles. The van der Waals surface area contributed by atoms with Crippen LogP contribution in [0.3, 0.4) is 0 Å². The van der Waals surface area contributed by atoms with E-state index in [2.05, 4.69) is 4.72 Å². The third-order valence-corrected chi connectivity index (χ3v) is 3.46. The Hall–Kier alpha value is -0.880. The minimum Gasteiger partial charge on any atom is -0.330 e. The van der Waals surface area contributed by atoms with Crippen LogP contribution in [0.4, 0.5) is 0 Å². The lowest BCUT2D eigenvalue weighted by atomic mass is 10.2. The molecule has 0 aliphatic carbocycles. The van der Waals surface area contributed by atoms with Gasteiger partial charge in [-0.2, -0.15) is 0 Å². The molecule has 1 rings (SSSR count). The second-order valence-corrected chi connectivity index (χ2v) is 5.46. The van der Waals surface area contributed by atoms with Crippen LogP contribution in [-0.4, -0.2) is 21.5 Å². The van der Waals surface area contributed by atoms with Gasteiger partial charge in [-0.05, 0) is 30.7 Å². The Morgan fingerprint density at radius 2 is 2.06 bits per heavy atom. The van der Waals surface area contributed by atoms with Crippen LogP contribution in [0.15, 0.2) is 29.7 Å². The molecule has 3 N–H and O–H groups in total. The molecule has 0 heterocycles. The van der Waals surface area contributed by atoms with E-state index >= 15 is 0 Å². The van der Waals surface area contributed by atoms with Gasteiger partial charge < -0.3 is 5.73 Å². The zero-order chi connectivity index (χ0) is 12.7. The van der Waals surface area contributed by atoms with Gasteiger partial charge in [0.25, 0.3) is 0 Å². The molecule has 0 unspecified atom stereocenters. The first-order valence-corrected chi connectivity index (χ1v) is 7.10. The third-order valence-electron chi connectivity index (χ3n) is 2.02. The Bertz CT molecular complexity index is 486. The first-order valence-electron chi connectivity index (χ1n) is 5.17. The van der Waals surface area contributed by atoms with Crippen molar-refractivity contribution in [1.29, 1.82) is 0 Å². The molecule has 0 atom stereocenters. The first-order chi connectivity index (χ1) is 8.05. The van der Waals surface area contributed by atoms with E-state index in [1.165, 1.54) is 6.08 Å². The molecule has 0 spiro atoms. The van der Waals surface area contributed by atoms with Crippen molar-refractivity contribution in [2.24, 2.45) is 5.73 Å². The number of sulfonamides is 1. The van der Waals surface area contributed by atoms with Crippen molar-refractivity contribution in [3.05, 3.63) is 40.3 Å². The summed E-state index contributed by atoms with van der Waals surface area (Å²) < 4.78 is 25.4. The van der Waals surface area contributed by atoms with E-state index in [4.69, 9.17) is 17.3 Å². The molecule has 0 aliphatic rings. The fraction of sp³-hybridized carbons (Fsp3) is 0.273. The van der Waals surface area contributed by atoms with Gasteiger partial charge >= 0.3 is 0 Å². The van der Waals surface area contributed by atoms with Gasteiger partial charge in [0.05, 0.1) is 0 Å². The Morgan fingerprint density at radius 1 is 1.35 bits per heavy atom. The van der Waals surface area contributed by atoms with Crippen molar-refractivity contribution in [2.45, 2.75) is 6.42 Å². The Balaban J connectivity index is 2.67. The number of rotatable bonds is 6. The van der Waals surface area contributed by atoms with E-state index in [1.807, 2.05) is 0 Å². The second kappa shape index (κ2) is 6.76. The van der Waals surface area contributed by atoms with Crippen LogP contribution in [0.2, 0.25) is 5.02 Å². The van der Waals surface area contributed by atoms with Crippen LogP contribution >= 0.6 is 11.6 Å². The lowest BCUT2D eigenvalue weighted by Gasteiger charge is -2.01. The SMILES string of the molecule is NCCCNS(=O)(=O)/C=C/c1ccccc1Cl. The lowest BCUT2D eigenvalue weighted by molar-refractivity contribution is 0.589. The van der Waals surface area contributed by atoms with Gasteiger partial charge in [0.15, 0.2) is 0 Å². The maximum atomic E-state index is 11.5. The standard InChI is InChI=1S/C11H15ClN2O2S/c12-11-5-2-1-4-10(11)6-9-17(15,16)14-8-3-7-13/h1-2,4-6,9,14H,3,7-8,13H2/b9-6+. The molecular formula is C11H15ClN2O2S. The summed E-state index contributed by atoms with van der Waals surface area (Å²) in [5.41, 5.74) is 5.94. The zero-order valence-corrected chi connectivity index (χ0v) is 10.8. The quantitative estimate of drug-likeness (QED) is 0.774. The van der Waals surface area contributed by atoms with Gasteiger partial charge in [0.2, 0.25) is 10.0 Å². The maximum Gasteiger partial charge on any atom is 0.233 e. The summed E-state index contributed by atoms with van der Waals surface area (Å²) in [4.78, 5) is 0. The topological polar surface area (TPSA) is 72.2 Å². The predicted octanol–water partition coefficient (Wildman–Crippen LogP) is 1.58. The number of benzene rings is 1. The van der Waals surface area contributed by atoms with E-state index < -0.39 is 10.0 Å². The van der Waals surface area contributed by atoms with Crippen molar-refractivity contribution in [3.8, 4) is 0 Å². The van der Waals surface area contributed by atoms with Crippen molar-refractivity contribution < 1.29 is 8.42 Å². The lowest BCUT2D eigenvalue weighted by Crippen LogP contribution is -2.24. The van der Waals surface area contributed by atoms with E-state index in [1.54, 1.807) is 24.3 Å². The number of nitrogens with two attached hydrogens (primary N) is 1. The smallest absolute Gasteiger partial charge is 0.233 e. The Morgan fingerprint density at radius 3 is 2.71 bits per heavy atom. The van der Waals surface area contributed by atoms with Crippen molar-refractivity contribution >= 4 is 27.7 Å². The highest BCUT2D eigenvalue weighted by Crippen LogP contribution is 2.16. The minimum absolute atomic E-state index is 0.339. The zero-order valence-electron chi connectivity index (χ0n) is 9.27. The molecule has 6 heteroatoms. The Labute approximate surface area is 107 Å². The van der Waals surface area contributed by atoms with Gasteiger partial charge in [0.1, 0.15) is 0 Å². The molecule has 0 fully saturated rings. The molecular weight excluding hydrogens is 260 g/mol. The van der Waals surface area contributed by atoms with Crippen LogP contribution in [0.5, 0.6) is 0 Å². The van der Waals surface area contributed by atoms with E-state index in [0.29, 0.717) is 30.1 Å². The normalized spacial score (nSPS) is 12.1. The molecule has 0 aliphatic heterocycles. The van der Waals surface area contributed by atoms with Crippen molar-refractivity contribution in [2.75, 3.05) is 13.1 Å². The van der Waals surface area contributed by atoms with Gasteiger partial charge in [-0.15, -0.1) is 0 Å². The molecule has 0 radical (unpaired) electrons. The summed E-state index contributed by atoms with van der Waals surface area (Å²) in [6.07, 6.45) is 2.08. The van der Waals surface area contributed by atoms with Gasteiger partial charge in [-0.3, -0.25) is 0 Å². The fourth-order valence-electron chi connectivity index (χ4n) is 1.14. The summed E-state index contributed by atoms with van der Waals surface area (Å²) in [6, 6.07) is 7.03. The third kappa shape index (κ3) is 5.32. The average Bonchev–Trinajstić information content (AvgIpc) is 2.28. The van der Waals surface area contributed by atoms with Gasteiger partial charge in [-0.1, -0.05) is 29.8 Å². The molecule has 94 valence electrons. The van der Waals surface area contributed by atoms with Crippen LogP contribution in [0.1, 0.15) is 12.0 Å². The van der Waals surface area contributed by atoms with Crippen LogP contribution in [-0.2, 0) is 10.0 Å². The number of halogens is 1. The highest BCUT2D eigenvalue weighted by molar-refractivity contribution is 7.92. The van der Waals surface area contributed by atoms with Crippen LogP contribution in [0.25, 0.3) is 6.08 Å². The molecule has 17 heavy (non-hydrogen) atoms. The molecule has 0 saturated heterocycles.